The van der Waals surface area contributed by atoms with Gasteiger partial charge in [0, 0.05) is 17.8 Å². The van der Waals surface area contributed by atoms with Gasteiger partial charge in [0.1, 0.15) is 11.7 Å². The number of esters is 1. The lowest BCUT2D eigenvalue weighted by atomic mass is 9.82. The lowest BCUT2D eigenvalue weighted by molar-refractivity contribution is -0.147. The molecule has 0 aliphatic heterocycles. The fourth-order valence-electron chi connectivity index (χ4n) is 2.52. The van der Waals surface area contributed by atoms with E-state index in [1.54, 1.807) is 0 Å². The van der Waals surface area contributed by atoms with Crippen LogP contribution in [0.1, 0.15) is 24.5 Å². The highest BCUT2D eigenvalue weighted by Gasteiger charge is 2.35. The summed E-state index contributed by atoms with van der Waals surface area (Å²) in [6.45, 7) is 1.39. The van der Waals surface area contributed by atoms with E-state index in [1.165, 1.54) is 6.92 Å². The molecule has 0 spiro atoms. The molecule has 1 N–H and O–H groups in total. The number of alkyl halides is 1. The molecule has 0 aliphatic rings. The minimum absolute atomic E-state index is 0.323. The highest BCUT2D eigenvalue weighted by molar-refractivity contribution is 14.1. The van der Waals surface area contributed by atoms with Crippen molar-refractivity contribution in [3.8, 4) is 0 Å². The van der Waals surface area contributed by atoms with Gasteiger partial charge in [-0.3, -0.25) is 4.79 Å². The monoisotopic (exact) mass is 410 g/mol. The molecule has 0 bridgehead atoms. The lowest BCUT2D eigenvalue weighted by Gasteiger charge is -2.32. The van der Waals surface area contributed by atoms with E-state index in [0.717, 1.165) is 11.1 Å². The van der Waals surface area contributed by atoms with E-state index in [9.17, 15) is 9.90 Å². The van der Waals surface area contributed by atoms with Crippen molar-refractivity contribution in [1.82, 2.24) is 0 Å². The van der Waals surface area contributed by atoms with E-state index in [0.29, 0.717) is 10.8 Å². The van der Waals surface area contributed by atoms with Crippen LogP contribution in [0.25, 0.3) is 0 Å². The van der Waals surface area contributed by atoms with Crippen molar-refractivity contribution in [2.24, 2.45) is 0 Å². The Morgan fingerprint density at radius 2 is 1.55 bits per heavy atom. The maximum atomic E-state index is 11.4. The zero-order valence-corrected chi connectivity index (χ0v) is 14.6. The third-order valence-electron chi connectivity index (χ3n) is 3.53. The predicted octanol–water partition coefficient (Wildman–Crippen LogP) is 3.68. The lowest BCUT2D eigenvalue weighted by Crippen LogP contribution is -2.34. The number of hydrogen-bond donors (Lipinski definition) is 1. The summed E-state index contributed by atoms with van der Waals surface area (Å²) >= 11 is 2.17. The SMILES string of the molecule is CC(=O)OC(CI)CC(O)(c1ccccc1)c1ccccc1. The molecule has 22 heavy (non-hydrogen) atoms. The van der Waals surface area contributed by atoms with E-state index in [1.807, 2.05) is 60.7 Å². The van der Waals surface area contributed by atoms with Crippen LogP contribution in [-0.4, -0.2) is 21.6 Å². The zero-order valence-electron chi connectivity index (χ0n) is 12.4. The van der Waals surface area contributed by atoms with Gasteiger partial charge in [-0.05, 0) is 11.1 Å². The first kappa shape index (κ1) is 17.0. The minimum Gasteiger partial charge on any atom is -0.462 e. The van der Waals surface area contributed by atoms with E-state index in [-0.39, 0.29) is 12.1 Å². The Bertz CT molecular complexity index is 559. The Morgan fingerprint density at radius 3 is 1.91 bits per heavy atom. The van der Waals surface area contributed by atoms with Crippen molar-refractivity contribution in [2.45, 2.75) is 25.0 Å². The highest BCUT2D eigenvalue weighted by atomic mass is 127. The first-order valence-corrected chi connectivity index (χ1v) is 8.65. The topological polar surface area (TPSA) is 46.5 Å². The Balaban J connectivity index is 2.40. The number of carbonyl (C=O) groups excluding carboxylic acids is 1. The quantitative estimate of drug-likeness (QED) is 0.449. The molecule has 2 aromatic rings. The molecule has 0 radical (unpaired) electrons. The van der Waals surface area contributed by atoms with E-state index in [4.69, 9.17) is 4.74 Å². The minimum atomic E-state index is -1.19. The number of benzene rings is 2. The molecule has 1 atom stereocenters. The average Bonchev–Trinajstić information content (AvgIpc) is 2.55. The van der Waals surface area contributed by atoms with Gasteiger partial charge < -0.3 is 9.84 Å². The van der Waals surface area contributed by atoms with Gasteiger partial charge in [0.2, 0.25) is 0 Å². The van der Waals surface area contributed by atoms with Crippen molar-refractivity contribution in [2.75, 3.05) is 4.43 Å². The first-order valence-electron chi connectivity index (χ1n) is 7.13. The highest BCUT2D eigenvalue weighted by Crippen LogP contribution is 2.35. The first-order chi connectivity index (χ1) is 10.6. The van der Waals surface area contributed by atoms with Crippen LogP contribution in [0, 0.1) is 0 Å². The van der Waals surface area contributed by atoms with Crippen molar-refractivity contribution >= 4 is 28.6 Å². The number of hydrogen-bond acceptors (Lipinski definition) is 3. The second kappa shape index (κ2) is 7.74. The maximum Gasteiger partial charge on any atom is 0.302 e. The molecule has 0 aliphatic carbocycles. The largest absolute Gasteiger partial charge is 0.462 e. The average molecular weight is 410 g/mol. The van der Waals surface area contributed by atoms with Crippen molar-refractivity contribution in [3.05, 3.63) is 71.8 Å². The van der Waals surface area contributed by atoms with Crippen LogP contribution in [-0.2, 0) is 15.1 Å². The fraction of sp³-hybridized carbons (Fsp3) is 0.278. The summed E-state index contributed by atoms with van der Waals surface area (Å²) in [6, 6.07) is 19.0. The molecule has 0 aromatic heterocycles. The van der Waals surface area contributed by atoms with Crippen LogP contribution in [0.3, 0.4) is 0 Å². The smallest absolute Gasteiger partial charge is 0.302 e. The van der Waals surface area contributed by atoms with Crippen LogP contribution >= 0.6 is 22.6 Å². The molecule has 0 saturated heterocycles. The molecule has 0 fully saturated rings. The maximum absolute atomic E-state index is 11.4. The van der Waals surface area contributed by atoms with E-state index >= 15 is 0 Å². The molecule has 2 aromatic carbocycles. The van der Waals surface area contributed by atoms with Gasteiger partial charge in [0.05, 0.1) is 0 Å². The second-order valence-electron chi connectivity index (χ2n) is 5.18. The molecule has 0 amide bonds. The normalized spacial score (nSPS) is 12.7. The van der Waals surface area contributed by atoms with Crippen LogP contribution < -0.4 is 0 Å². The summed E-state index contributed by atoms with van der Waals surface area (Å²) in [5.74, 6) is -0.329. The molecule has 4 heteroatoms. The standard InChI is InChI=1S/C18H19IO3/c1-14(20)22-17(13-19)12-18(21,15-8-4-2-5-9-15)16-10-6-3-7-11-16/h2-11,17,21H,12-13H2,1H3. The third kappa shape index (κ3) is 4.08. The fourth-order valence-corrected chi connectivity index (χ4v) is 3.01. The summed E-state index contributed by atoms with van der Waals surface area (Å²) in [5, 5.41) is 11.4. The van der Waals surface area contributed by atoms with Crippen LogP contribution in [0.2, 0.25) is 0 Å². The van der Waals surface area contributed by atoms with Gasteiger partial charge in [0.25, 0.3) is 0 Å². The zero-order chi connectivity index (χ0) is 16.0. The molecular formula is C18H19IO3. The number of rotatable bonds is 6. The Labute approximate surface area is 144 Å². The molecule has 2 rings (SSSR count). The number of carbonyl (C=O) groups is 1. The molecule has 1 unspecified atom stereocenters. The summed E-state index contributed by atoms with van der Waals surface area (Å²) < 4.78 is 5.96. The van der Waals surface area contributed by atoms with E-state index in [2.05, 4.69) is 22.6 Å². The molecular weight excluding hydrogens is 391 g/mol. The third-order valence-corrected chi connectivity index (χ3v) is 4.51. The predicted molar refractivity (Wildman–Crippen MR) is 94.9 cm³/mol. The number of aliphatic hydroxyl groups is 1. The molecule has 0 heterocycles. The van der Waals surface area contributed by atoms with Gasteiger partial charge in [0.15, 0.2) is 0 Å². The van der Waals surface area contributed by atoms with Crippen LogP contribution in [0.15, 0.2) is 60.7 Å². The summed E-state index contributed by atoms with van der Waals surface area (Å²) in [6.07, 6.45) is -0.0210. The Hall–Kier alpha value is -1.40. The van der Waals surface area contributed by atoms with Crippen molar-refractivity contribution < 1.29 is 14.6 Å². The Morgan fingerprint density at radius 1 is 1.09 bits per heavy atom. The van der Waals surface area contributed by atoms with Gasteiger partial charge in [-0.1, -0.05) is 83.3 Å². The second-order valence-corrected chi connectivity index (χ2v) is 6.06. The van der Waals surface area contributed by atoms with Gasteiger partial charge in [-0.15, -0.1) is 0 Å². The van der Waals surface area contributed by atoms with E-state index < -0.39 is 5.60 Å². The van der Waals surface area contributed by atoms with Crippen LogP contribution in [0.4, 0.5) is 0 Å². The molecule has 0 saturated carbocycles. The Kier molecular flexibility index (Phi) is 5.97. The molecule has 3 nitrogen and oxygen atoms in total. The summed E-state index contributed by atoms with van der Waals surface area (Å²) in [7, 11) is 0. The van der Waals surface area contributed by atoms with Gasteiger partial charge in [-0.25, -0.2) is 0 Å². The van der Waals surface area contributed by atoms with Crippen molar-refractivity contribution in [1.29, 1.82) is 0 Å². The summed E-state index contributed by atoms with van der Waals surface area (Å²) in [5.41, 5.74) is 0.403. The number of ether oxygens (including phenoxy) is 1. The summed E-state index contributed by atoms with van der Waals surface area (Å²) in [4.78, 5) is 11.3. The van der Waals surface area contributed by atoms with Gasteiger partial charge in [-0.2, -0.15) is 0 Å². The van der Waals surface area contributed by atoms with Gasteiger partial charge >= 0.3 is 5.97 Å². The molecule has 116 valence electrons. The van der Waals surface area contributed by atoms with Crippen LogP contribution in [0.5, 0.6) is 0 Å². The number of halogens is 1. The van der Waals surface area contributed by atoms with Crippen molar-refractivity contribution in [3.63, 3.8) is 0 Å².